The van der Waals surface area contributed by atoms with Gasteiger partial charge >= 0.3 is 39.9 Å². The summed E-state index contributed by atoms with van der Waals surface area (Å²) >= 11 is 1.52. The summed E-state index contributed by atoms with van der Waals surface area (Å²) in [6, 6.07) is 5.99. The molecule has 1 aromatic rings. The molecule has 154 valence electrons. The van der Waals surface area contributed by atoms with Crippen LogP contribution >= 0.6 is 11.8 Å². The molecular weight excluding hydrogens is 429 g/mol. The fourth-order valence-electron chi connectivity index (χ4n) is 3.59. The van der Waals surface area contributed by atoms with E-state index in [1.54, 1.807) is 30.3 Å². The third-order valence-electron chi connectivity index (χ3n) is 4.92. The molecule has 3 amide bonds. The van der Waals surface area contributed by atoms with Crippen LogP contribution in [0.15, 0.2) is 30.3 Å². The van der Waals surface area contributed by atoms with Crippen LogP contribution < -0.4 is 34.9 Å². The van der Waals surface area contributed by atoms with Crippen molar-refractivity contribution in [1.29, 1.82) is 0 Å². The van der Waals surface area contributed by atoms with Crippen molar-refractivity contribution < 1.29 is 58.3 Å². The Labute approximate surface area is 197 Å². The van der Waals surface area contributed by atoms with Gasteiger partial charge in [0.2, 0.25) is 5.91 Å². The molecule has 3 atom stereocenters. The van der Waals surface area contributed by atoms with Crippen molar-refractivity contribution >= 4 is 39.8 Å². The average molecular weight is 452 g/mol. The van der Waals surface area contributed by atoms with E-state index >= 15 is 0 Å². The molecule has 0 bridgehead atoms. The first kappa shape index (κ1) is 24.2. The molecule has 2 aliphatic heterocycles. The maximum Gasteiger partial charge on any atom is 1.00 e. The summed E-state index contributed by atoms with van der Waals surface area (Å²) in [6.07, 6.45) is 2.51. The fourth-order valence-corrected chi connectivity index (χ4v) is 4.96. The van der Waals surface area contributed by atoms with E-state index in [-0.39, 0.29) is 43.9 Å². The molecule has 2 heterocycles. The standard InChI is InChI=1S/C17H21N3O6S2.Na.H/c1-27-10-8-12(18-15(21)11-5-3-2-4-6-11)16(22)19-9-7-13-14(19)17(23)20(13)28(24,25)26;;/h2-6,12-14H,7-10H2,1H3,(H,18,21)(H,24,25,26);;/q;+1;-1/t12?,13-,14+;;/m1../s1. The van der Waals surface area contributed by atoms with Crippen LogP contribution in [0.2, 0.25) is 0 Å². The SMILES string of the molecule is CSCCC(NC(=O)c1ccccc1)C(=O)N1CC[C@@H]2[C@H]1C(=O)N2S(=O)(=O)O.[H-].[Na+]. The van der Waals surface area contributed by atoms with E-state index in [4.69, 9.17) is 4.55 Å². The minimum atomic E-state index is -4.64. The first-order valence-electron chi connectivity index (χ1n) is 8.71. The predicted octanol–water partition coefficient (Wildman–Crippen LogP) is -2.73. The van der Waals surface area contributed by atoms with E-state index in [9.17, 15) is 22.8 Å². The van der Waals surface area contributed by atoms with Crippen LogP contribution in [0.25, 0.3) is 0 Å². The number of likely N-dealkylation sites (tertiary alicyclic amines) is 1. The average Bonchev–Trinajstić information content (AvgIpc) is 3.02. The number of carbonyl (C=O) groups is 3. The quantitative estimate of drug-likeness (QED) is 0.262. The number of amides is 3. The molecular formula is C17H22N3NaO6S2. The van der Waals surface area contributed by atoms with Crippen LogP contribution in [0.3, 0.4) is 0 Å². The molecule has 3 rings (SSSR count). The van der Waals surface area contributed by atoms with Gasteiger partial charge in [-0.05, 0) is 37.0 Å². The van der Waals surface area contributed by atoms with Crippen LogP contribution in [0.4, 0.5) is 0 Å². The summed E-state index contributed by atoms with van der Waals surface area (Å²) in [7, 11) is -4.64. The molecule has 9 nitrogen and oxygen atoms in total. The first-order chi connectivity index (χ1) is 13.3. The summed E-state index contributed by atoms with van der Waals surface area (Å²) in [5, 5.41) is 2.72. The van der Waals surface area contributed by atoms with E-state index in [1.165, 1.54) is 16.7 Å². The molecule has 0 spiro atoms. The molecule has 0 aromatic heterocycles. The molecule has 2 saturated heterocycles. The zero-order valence-corrected chi connectivity index (χ0v) is 19.8. The van der Waals surface area contributed by atoms with Crippen molar-refractivity contribution in [3.8, 4) is 0 Å². The van der Waals surface area contributed by atoms with E-state index < -0.39 is 46.2 Å². The van der Waals surface area contributed by atoms with Crippen LogP contribution in [0.1, 0.15) is 24.6 Å². The van der Waals surface area contributed by atoms with Gasteiger partial charge in [0.05, 0.1) is 6.04 Å². The van der Waals surface area contributed by atoms with E-state index in [2.05, 4.69) is 5.32 Å². The summed E-state index contributed by atoms with van der Waals surface area (Å²) in [4.78, 5) is 39.0. The fraction of sp³-hybridized carbons (Fsp3) is 0.471. The summed E-state index contributed by atoms with van der Waals surface area (Å²) in [5.74, 6) is -1.01. The number of β-lactam (4-membered cyclic amide) rings is 1. The van der Waals surface area contributed by atoms with Crippen molar-refractivity contribution in [3.05, 3.63) is 35.9 Å². The number of rotatable bonds is 7. The minimum Gasteiger partial charge on any atom is -1.00 e. The van der Waals surface area contributed by atoms with Crippen molar-refractivity contribution in [2.24, 2.45) is 0 Å². The van der Waals surface area contributed by atoms with Gasteiger partial charge in [0.25, 0.3) is 11.8 Å². The molecule has 2 fully saturated rings. The summed E-state index contributed by atoms with van der Waals surface area (Å²) < 4.78 is 32.2. The maximum atomic E-state index is 13.0. The van der Waals surface area contributed by atoms with E-state index in [0.717, 1.165) is 0 Å². The molecule has 1 aromatic carbocycles. The monoisotopic (exact) mass is 451 g/mol. The molecule has 2 aliphatic rings. The van der Waals surface area contributed by atoms with Crippen molar-refractivity contribution in [1.82, 2.24) is 14.5 Å². The smallest absolute Gasteiger partial charge is 1.00 e. The number of benzene rings is 1. The Balaban J connectivity index is 0.00000225. The number of hydrogen-bond donors (Lipinski definition) is 2. The Morgan fingerprint density at radius 2 is 2.00 bits per heavy atom. The molecule has 0 aliphatic carbocycles. The largest absolute Gasteiger partial charge is 1.00 e. The Kier molecular flexibility index (Phi) is 8.16. The second-order valence-corrected chi connectivity index (χ2v) is 8.89. The zero-order valence-electron chi connectivity index (χ0n) is 17.1. The van der Waals surface area contributed by atoms with Crippen LogP contribution in [-0.4, -0.2) is 76.6 Å². The molecule has 12 heteroatoms. The molecule has 2 N–H and O–H groups in total. The van der Waals surface area contributed by atoms with Crippen molar-refractivity contribution in [2.75, 3.05) is 18.6 Å². The van der Waals surface area contributed by atoms with Crippen LogP contribution in [0, 0.1) is 0 Å². The predicted molar refractivity (Wildman–Crippen MR) is 104 cm³/mol. The van der Waals surface area contributed by atoms with Crippen molar-refractivity contribution in [2.45, 2.75) is 31.0 Å². The minimum absolute atomic E-state index is 0. The van der Waals surface area contributed by atoms with Gasteiger partial charge < -0.3 is 11.6 Å². The molecule has 29 heavy (non-hydrogen) atoms. The summed E-state index contributed by atoms with van der Waals surface area (Å²) in [6.45, 7) is 0.183. The third kappa shape index (κ3) is 4.97. The third-order valence-corrected chi connectivity index (χ3v) is 6.51. The number of nitrogens with one attached hydrogen (secondary N) is 1. The Bertz CT molecular complexity index is 889. The first-order valence-corrected chi connectivity index (χ1v) is 11.5. The Morgan fingerprint density at radius 3 is 2.59 bits per heavy atom. The summed E-state index contributed by atoms with van der Waals surface area (Å²) in [5.41, 5.74) is 0.418. The molecule has 0 radical (unpaired) electrons. The van der Waals surface area contributed by atoms with Gasteiger partial charge in [-0.2, -0.15) is 20.2 Å². The number of thioether (sulfide) groups is 1. The van der Waals surface area contributed by atoms with Gasteiger partial charge in [-0.1, -0.05) is 18.2 Å². The van der Waals surface area contributed by atoms with Gasteiger partial charge in [0.1, 0.15) is 12.1 Å². The van der Waals surface area contributed by atoms with Gasteiger partial charge in [0, 0.05) is 12.1 Å². The van der Waals surface area contributed by atoms with Crippen molar-refractivity contribution in [3.63, 3.8) is 0 Å². The van der Waals surface area contributed by atoms with Crippen LogP contribution in [-0.2, 0) is 19.9 Å². The van der Waals surface area contributed by atoms with Gasteiger partial charge in [-0.3, -0.25) is 18.9 Å². The zero-order chi connectivity index (χ0) is 20.5. The molecule has 0 saturated carbocycles. The molecule has 1 unspecified atom stereocenters. The van der Waals surface area contributed by atoms with E-state index in [1.807, 2.05) is 6.26 Å². The normalized spacial score (nSPS) is 21.7. The van der Waals surface area contributed by atoms with Crippen LogP contribution in [0.5, 0.6) is 0 Å². The van der Waals surface area contributed by atoms with Gasteiger partial charge in [-0.15, -0.1) is 0 Å². The van der Waals surface area contributed by atoms with E-state index in [0.29, 0.717) is 22.0 Å². The topological polar surface area (TPSA) is 124 Å². The van der Waals surface area contributed by atoms with Gasteiger partial charge in [0.15, 0.2) is 0 Å². The number of fused-ring (bicyclic) bond motifs is 1. The maximum absolute atomic E-state index is 13.0. The second kappa shape index (κ2) is 9.80. The Morgan fingerprint density at radius 1 is 1.34 bits per heavy atom. The number of hydrogen-bond acceptors (Lipinski definition) is 6. The number of carbonyl (C=O) groups excluding carboxylic acids is 3. The number of nitrogens with zero attached hydrogens (tertiary/aromatic N) is 2. The van der Waals surface area contributed by atoms with Gasteiger partial charge in [-0.25, -0.2) is 4.31 Å². The Hall–Kier alpha value is -1.11. The second-order valence-electron chi connectivity index (χ2n) is 6.62.